The van der Waals surface area contributed by atoms with E-state index in [2.05, 4.69) is 4.72 Å². The lowest BCUT2D eigenvalue weighted by atomic mass is 10.0. The van der Waals surface area contributed by atoms with Gasteiger partial charge in [-0.25, -0.2) is 8.42 Å². The first-order chi connectivity index (χ1) is 8.29. The van der Waals surface area contributed by atoms with Crippen LogP contribution in [0.5, 0.6) is 0 Å². The fraction of sp³-hybridized carbons (Fsp3) is 0.500. The van der Waals surface area contributed by atoms with Gasteiger partial charge in [0, 0.05) is 7.11 Å². The Hall–Kier alpha value is -1.38. The minimum Gasteiger partial charge on any atom is -0.481 e. The summed E-state index contributed by atoms with van der Waals surface area (Å²) in [5.41, 5.74) is -1.24. The highest BCUT2D eigenvalue weighted by Crippen LogP contribution is 2.17. The number of aliphatic carboxylic acids is 1. The summed E-state index contributed by atoms with van der Waals surface area (Å²) < 4.78 is 35.7. The number of methoxy groups -OCH3 is 1. The van der Waals surface area contributed by atoms with Crippen LogP contribution in [0.4, 0.5) is 0 Å². The van der Waals surface area contributed by atoms with Gasteiger partial charge in [0.1, 0.15) is 0 Å². The monoisotopic (exact) mass is 277 g/mol. The topological polar surface area (TPSA) is 106 Å². The minimum absolute atomic E-state index is 0.0702. The van der Waals surface area contributed by atoms with E-state index in [0.29, 0.717) is 0 Å². The predicted molar refractivity (Wildman–Crippen MR) is 61.6 cm³/mol. The molecule has 1 rings (SSSR count). The van der Waals surface area contributed by atoms with E-state index in [1.807, 2.05) is 0 Å². The molecule has 1 heterocycles. The van der Waals surface area contributed by atoms with Gasteiger partial charge in [-0.1, -0.05) is 0 Å². The molecule has 0 aliphatic carbocycles. The lowest BCUT2D eigenvalue weighted by molar-refractivity contribution is -0.138. The summed E-state index contributed by atoms with van der Waals surface area (Å²) in [5.74, 6) is -1.13. The van der Waals surface area contributed by atoms with Crippen molar-refractivity contribution in [1.29, 1.82) is 0 Å². The van der Waals surface area contributed by atoms with Gasteiger partial charge in [-0.05, 0) is 19.1 Å². The Morgan fingerprint density at radius 3 is 2.72 bits per heavy atom. The summed E-state index contributed by atoms with van der Waals surface area (Å²) in [4.78, 5) is 10.7. The summed E-state index contributed by atoms with van der Waals surface area (Å²) in [6.45, 7) is 1.38. The fourth-order valence-electron chi connectivity index (χ4n) is 1.56. The zero-order valence-corrected chi connectivity index (χ0v) is 10.9. The molecule has 0 saturated heterocycles. The van der Waals surface area contributed by atoms with E-state index in [-0.39, 0.29) is 11.7 Å². The van der Waals surface area contributed by atoms with Crippen molar-refractivity contribution in [2.45, 2.75) is 24.0 Å². The molecule has 1 unspecified atom stereocenters. The zero-order valence-electron chi connectivity index (χ0n) is 10.0. The van der Waals surface area contributed by atoms with Crippen LogP contribution >= 0.6 is 0 Å². The Morgan fingerprint density at radius 2 is 2.28 bits per heavy atom. The van der Waals surface area contributed by atoms with Crippen LogP contribution in [0.1, 0.15) is 13.3 Å². The molecule has 1 atom stereocenters. The molecular weight excluding hydrogens is 262 g/mol. The Labute approximate surface area is 105 Å². The molecule has 102 valence electrons. The van der Waals surface area contributed by atoms with Crippen LogP contribution in [-0.2, 0) is 19.6 Å². The first-order valence-corrected chi connectivity index (χ1v) is 6.56. The van der Waals surface area contributed by atoms with Gasteiger partial charge in [0.2, 0.25) is 5.09 Å². The van der Waals surface area contributed by atoms with E-state index in [4.69, 9.17) is 14.3 Å². The molecule has 18 heavy (non-hydrogen) atoms. The van der Waals surface area contributed by atoms with Gasteiger partial charge in [-0.3, -0.25) is 4.79 Å². The number of ether oxygens (including phenoxy) is 1. The van der Waals surface area contributed by atoms with Gasteiger partial charge < -0.3 is 14.3 Å². The Balaban J connectivity index is 2.93. The number of carboxylic acid groups (broad SMARTS) is 1. The van der Waals surface area contributed by atoms with Gasteiger partial charge in [0.25, 0.3) is 10.0 Å². The first kappa shape index (κ1) is 14.7. The number of sulfonamides is 1. The standard InChI is InChI=1S/C10H15NO6S/c1-10(7-16-2,6-8(12)13)11-18(14,15)9-4-3-5-17-9/h3-5,11H,6-7H2,1-2H3,(H,12,13). The lowest BCUT2D eigenvalue weighted by Crippen LogP contribution is -2.50. The number of hydrogen-bond acceptors (Lipinski definition) is 5. The van der Waals surface area contributed by atoms with Crippen molar-refractivity contribution < 1.29 is 27.5 Å². The van der Waals surface area contributed by atoms with E-state index in [9.17, 15) is 13.2 Å². The molecule has 0 aromatic carbocycles. The summed E-state index contributed by atoms with van der Waals surface area (Å²) in [7, 11) is -2.54. The molecule has 0 radical (unpaired) electrons. The number of carbonyl (C=O) groups is 1. The van der Waals surface area contributed by atoms with Crippen molar-refractivity contribution in [2.75, 3.05) is 13.7 Å². The van der Waals surface area contributed by atoms with Crippen molar-refractivity contribution in [3.63, 3.8) is 0 Å². The largest absolute Gasteiger partial charge is 0.481 e. The average Bonchev–Trinajstić information content (AvgIpc) is 2.67. The van der Waals surface area contributed by atoms with Gasteiger partial charge in [0.15, 0.2) is 0 Å². The quantitative estimate of drug-likeness (QED) is 0.749. The molecular formula is C10H15NO6S. The molecule has 8 heteroatoms. The maximum absolute atomic E-state index is 11.9. The minimum atomic E-state index is -3.90. The smallest absolute Gasteiger partial charge is 0.305 e. The third-order valence-electron chi connectivity index (χ3n) is 2.14. The molecule has 0 spiro atoms. The second-order valence-corrected chi connectivity index (χ2v) is 5.72. The third-order valence-corrected chi connectivity index (χ3v) is 3.67. The number of rotatable bonds is 7. The van der Waals surface area contributed by atoms with Crippen molar-refractivity contribution in [3.8, 4) is 0 Å². The molecule has 1 aromatic heterocycles. The number of carboxylic acids is 1. The van der Waals surface area contributed by atoms with Crippen LogP contribution in [0.2, 0.25) is 0 Å². The van der Waals surface area contributed by atoms with Gasteiger partial charge >= 0.3 is 5.97 Å². The summed E-state index contributed by atoms with van der Waals surface area (Å²) in [5, 5.41) is 8.52. The number of nitrogens with one attached hydrogen (secondary N) is 1. The van der Waals surface area contributed by atoms with Crippen LogP contribution in [0.15, 0.2) is 27.9 Å². The highest BCUT2D eigenvalue weighted by Gasteiger charge is 2.34. The second-order valence-electron chi connectivity index (χ2n) is 4.10. The van der Waals surface area contributed by atoms with Gasteiger partial charge in [-0.2, -0.15) is 4.72 Å². The highest BCUT2D eigenvalue weighted by atomic mass is 32.2. The summed E-state index contributed by atoms with van der Waals surface area (Å²) in [6, 6.07) is 2.70. The SMILES string of the molecule is COCC(C)(CC(=O)O)NS(=O)(=O)c1ccco1. The molecule has 0 aliphatic rings. The second kappa shape index (κ2) is 5.51. The van der Waals surface area contributed by atoms with Crippen LogP contribution in [0, 0.1) is 0 Å². The Kier molecular flexibility index (Phi) is 4.49. The first-order valence-electron chi connectivity index (χ1n) is 5.07. The number of furan rings is 1. The van der Waals surface area contributed by atoms with E-state index < -0.39 is 28.0 Å². The Bertz CT molecular complexity index is 494. The van der Waals surface area contributed by atoms with Gasteiger partial charge in [0.05, 0.1) is 24.8 Å². The maximum Gasteiger partial charge on any atom is 0.305 e. The summed E-state index contributed by atoms with van der Waals surface area (Å²) in [6.07, 6.45) is 0.820. The zero-order chi connectivity index (χ0) is 13.8. The van der Waals surface area contributed by atoms with E-state index in [1.165, 1.54) is 32.4 Å². The van der Waals surface area contributed by atoms with Crippen LogP contribution < -0.4 is 4.72 Å². The average molecular weight is 277 g/mol. The molecule has 7 nitrogen and oxygen atoms in total. The van der Waals surface area contributed by atoms with Crippen molar-refractivity contribution in [2.24, 2.45) is 0 Å². The maximum atomic E-state index is 11.9. The highest BCUT2D eigenvalue weighted by molar-refractivity contribution is 7.89. The molecule has 0 amide bonds. The van der Waals surface area contributed by atoms with Crippen molar-refractivity contribution >= 4 is 16.0 Å². The van der Waals surface area contributed by atoms with Crippen molar-refractivity contribution in [1.82, 2.24) is 4.72 Å². The Morgan fingerprint density at radius 1 is 1.61 bits per heavy atom. The predicted octanol–water partition coefficient (Wildman–Crippen LogP) is 0.438. The van der Waals surface area contributed by atoms with E-state index >= 15 is 0 Å². The molecule has 2 N–H and O–H groups in total. The number of hydrogen-bond donors (Lipinski definition) is 2. The lowest BCUT2D eigenvalue weighted by Gasteiger charge is -2.27. The molecule has 1 aromatic rings. The van der Waals surface area contributed by atoms with Crippen LogP contribution in [0.25, 0.3) is 0 Å². The molecule has 0 aliphatic heterocycles. The van der Waals surface area contributed by atoms with Crippen LogP contribution in [-0.4, -0.2) is 38.7 Å². The third kappa shape index (κ3) is 3.83. The molecule has 0 saturated carbocycles. The fourth-order valence-corrected chi connectivity index (χ4v) is 2.88. The van der Waals surface area contributed by atoms with E-state index in [1.54, 1.807) is 0 Å². The van der Waals surface area contributed by atoms with E-state index in [0.717, 1.165) is 0 Å². The normalized spacial score (nSPS) is 15.2. The van der Waals surface area contributed by atoms with Gasteiger partial charge in [-0.15, -0.1) is 0 Å². The van der Waals surface area contributed by atoms with Crippen LogP contribution in [0.3, 0.4) is 0 Å². The van der Waals surface area contributed by atoms with Crippen molar-refractivity contribution in [3.05, 3.63) is 18.4 Å². The molecule has 0 bridgehead atoms. The molecule has 0 fully saturated rings. The summed E-state index contributed by atoms with van der Waals surface area (Å²) >= 11 is 0.